The quantitative estimate of drug-likeness (QED) is 0.667. The van der Waals surface area contributed by atoms with Gasteiger partial charge in [-0.15, -0.1) is 0 Å². The molecule has 0 radical (unpaired) electrons. The average molecular weight is 394 g/mol. The lowest BCUT2D eigenvalue weighted by atomic mass is 9.91. The van der Waals surface area contributed by atoms with Crippen LogP contribution in [0.4, 0.5) is 10.3 Å². The highest BCUT2D eigenvalue weighted by molar-refractivity contribution is 5.94. The van der Waals surface area contributed by atoms with Crippen LogP contribution >= 0.6 is 0 Å². The Bertz CT molecular complexity index is 998. The maximum Gasteiger partial charge on any atom is 0.232 e. The van der Waals surface area contributed by atoms with E-state index in [1.54, 1.807) is 28.8 Å². The molecule has 2 heterocycles. The molecule has 2 aromatic carbocycles. The molecule has 150 valence electrons. The van der Waals surface area contributed by atoms with Crippen molar-refractivity contribution in [2.24, 2.45) is 5.92 Å². The van der Waals surface area contributed by atoms with E-state index in [0.29, 0.717) is 12.4 Å². The lowest BCUT2D eigenvalue weighted by Gasteiger charge is -2.40. The van der Waals surface area contributed by atoms with Crippen molar-refractivity contribution in [3.63, 3.8) is 0 Å². The van der Waals surface area contributed by atoms with Crippen molar-refractivity contribution in [1.82, 2.24) is 14.8 Å². The third-order valence-electron chi connectivity index (χ3n) is 5.31. The fraction of sp³-hybridized carbons (Fsp3) is 0.318. The summed E-state index contributed by atoms with van der Waals surface area (Å²) in [4.78, 5) is 19.3. The Morgan fingerprint density at radius 1 is 1.07 bits per heavy atom. The van der Waals surface area contributed by atoms with E-state index in [2.05, 4.69) is 10.1 Å². The number of ether oxygens (including phenoxy) is 1. The molecule has 3 aromatic rings. The summed E-state index contributed by atoms with van der Waals surface area (Å²) in [6.45, 7) is 3.75. The molecule has 1 amide bonds. The van der Waals surface area contributed by atoms with E-state index in [1.165, 1.54) is 18.5 Å². The number of hydrogen-bond donors (Lipinski definition) is 0. The van der Waals surface area contributed by atoms with Crippen molar-refractivity contribution in [3.05, 3.63) is 71.8 Å². The first-order valence-electron chi connectivity index (χ1n) is 9.61. The molecular formula is C22H23FN4O2. The van der Waals surface area contributed by atoms with Gasteiger partial charge in [0.2, 0.25) is 11.9 Å². The molecule has 0 fully saturated rings. The summed E-state index contributed by atoms with van der Waals surface area (Å²) in [5, 5.41) is 4.38. The maximum atomic E-state index is 13.5. The van der Waals surface area contributed by atoms with Gasteiger partial charge in [0.05, 0.1) is 19.2 Å². The van der Waals surface area contributed by atoms with E-state index in [0.717, 1.165) is 16.9 Å². The number of methoxy groups -OCH3 is 1. The topological polar surface area (TPSA) is 60.2 Å². The standard InChI is InChI=1S/C22H23FN4O2/c1-14(2)21(28)26-19(15-6-10-18(29-3)11-7-15)12-20(27-22(26)24-13-25-27)16-4-8-17(23)9-5-16/h4-11,13-14,19-20H,12H2,1-3H3. The molecular weight excluding hydrogens is 371 g/mol. The molecule has 0 N–H and O–H groups in total. The minimum Gasteiger partial charge on any atom is -0.497 e. The van der Waals surface area contributed by atoms with Gasteiger partial charge in [-0.2, -0.15) is 10.1 Å². The van der Waals surface area contributed by atoms with Crippen LogP contribution in [0.5, 0.6) is 5.75 Å². The second-order valence-electron chi connectivity index (χ2n) is 7.46. The summed E-state index contributed by atoms with van der Waals surface area (Å²) < 4.78 is 20.5. The van der Waals surface area contributed by atoms with Crippen LogP contribution in [0.15, 0.2) is 54.9 Å². The Kier molecular flexibility index (Phi) is 5.05. The van der Waals surface area contributed by atoms with Crippen molar-refractivity contribution in [2.45, 2.75) is 32.4 Å². The SMILES string of the molecule is COc1ccc(C2CC(c3ccc(F)cc3)n3ncnc3N2C(=O)C(C)C)cc1. The van der Waals surface area contributed by atoms with E-state index in [1.807, 2.05) is 38.1 Å². The second kappa shape index (κ2) is 7.66. The van der Waals surface area contributed by atoms with Crippen LogP contribution in [0.3, 0.4) is 0 Å². The summed E-state index contributed by atoms with van der Waals surface area (Å²) in [7, 11) is 1.62. The summed E-state index contributed by atoms with van der Waals surface area (Å²) in [6, 6.07) is 13.8. The fourth-order valence-electron chi connectivity index (χ4n) is 3.80. The number of hydrogen-bond acceptors (Lipinski definition) is 4. The van der Waals surface area contributed by atoms with Gasteiger partial charge >= 0.3 is 0 Å². The van der Waals surface area contributed by atoms with Gasteiger partial charge in [0, 0.05) is 5.92 Å². The molecule has 6 nitrogen and oxygen atoms in total. The van der Waals surface area contributed by atoms with E-state index in [9.17, 15) is 9.18 Å². The van der Waals surface area contributed by atoms with Crippen LogP contribution in [0.1, 0.15) is 43.5 Å². The van der Waals surface area contributed by atoms with Gasteiger partial charge in [-0.05, 0) is 41.8 Å². The largest absolute Gasteiger partial charge is 0.497 e. The predicted octanol–water partition coefficient (Wildman–Crippen LogP) is 4.15. The molecule has 7 heteroatoms. The monoisotopic (exact) mass is 394 g/mol. The Labute approximate surface area is 168 Å². The first-order chi connectivity index (χ1) is 14.0. The average Bonchev–Trinajstić information content (AvgIpc) is 3.22. The molecule has 2 atom stereocenters. The van der Waals surface area contributed by atoms with E-state index >= 15 is 0 Å². The Morgan fingerprint density at radius 3 is 2.31 bits per heavy atom. The van der Waals surface area contributed by atoms with E-state index < -0.39 is 0 Å². The molecule has 0 bridgehead atoms. The molecule has 0 aliphatic carbocycles. The maximum absolute atomic E-state index is 13.5. The number of halogens is 1. The van der Waals surface area contributed by atoms with Crippen molar-refractivity contribution < 1.29 is 13.9 Å². The van der Waals surface area contributed by atoms with Crippen molar-refractivity contribution in [3.8, 4) is 5.75 Å². The molecule has 29 heavy (non-hydrogen) atoms. The lowest BCUT2D eigenvalue weighted by molar-refractivity contribution is -0.122. The van der Waals surface area contributed by atoms with Gasteiger partial charge < -0.3 is 4.74 Å². The fourth-order valence-corrected chi connectivity index (χ4v) is 3.80. The first-order valence-corrected chi connectivity index (χ1v) is 9.61. The normalized spacial score (nSPS) is 18.6. The minimum atomic E-state index is -0.285. The minimum absolute atomic E-state index is 0.0161. The van der Waals surface area contributed by atoms with Crippen LogP contribution in [-0.4, -0.2) is 27.8 Å². The van der Waals surface area contributed by atoms with Crippen LogP contribution in [0.25, 0.3) is 0 Å². The number of carbonyl (C=O) groups is 1. The molecule has 2 unspecified atom stereocenters. The number of carbonyl (C=O) groups excluding carboxylic acids is 1. The first kappa shape index (κ1) is 19.1. The third kappa shape index (κ3) is 3.48. The summed E-state index contributed by atoms with van der Waals surface area (Å²) in [6.07, 6.45) is 2.07. The van der Waals surface area contributed by atoms with Crippen molar-refractivity contribution >= 4 is 11.9 Å². The number of amides is 1. The summed E-state index contributed by atoms with van der Waals surface area (Å²) >= 11 is 0. The zero-order valence-electron chi connectivity index (χ0n) is 16.6. The summed E-state index contributed by atoms with van der Waals surface area (Å²) in [5.41, 5.74) is 1.91. The Morgan fingerprint density at radius 2 is 1.69 bits per heavy atom. The van der Waals surface area contributed by atoms with Crippen LogP contribution in [-0.2, 0) is 4.79 Å². The smallest absolute Gasteiger partial charge is 0.232 e. The Balaban J connectivity index is 1.82. The molecule has 0 saturated carbocycles. The number of benzene rings is 2. The third-order valence-corrected chi connectivity index (χ3v) is 5.31. The Hall–Kier alpha value is -3.22. The molecule has 4 rings (SSSR count). The van der Waals surface area contributed by atoms with Crippen LogP contribution < -0.4 is 9.64 Å². The highest BCUT2D eigenvalue weighted by Gasteiger charge is 2.39. The zero-order chi connectivity index (χ0) is 20.5. The van der Waals surface area contributed by atoms with Crippen LogP contribution in [0.2, 0.25) is 0 Å². The number of aromatic nitrogens is 3. The number of anilines is 1. The van der Waals surface area contributed by atoms with E-state index in [4.69, 9.17) is 4.74 Å². The number of nitrogens with zero attached hydrogens (tertiary/aromatic N) is 4. The molecule has 1 aromatic heterocycles. The van der Waals surface area contributed by atoms with Gasteiger partial charge in [-0.25, -0.2) is 9.07 Å². The molecule has 0 saturated heterocycles. The lowest BCUT2D eigenvalue weighted by Crippen LogP contribution is -2.44. The van der Waals surface area contributed by atoms with Crippen LogP contribution in [0, 0.1) is 11.7 Å². The molecule has 1 aliphatic heterocycles. The highest BCUT2D eigenvalue weighted by Crippen LogP contribution is 2.42. The van der Waals surface area contributed by atoms with Crippen molar-refractivity contribution in [1.29, 1.82) is 0 Å². The molecule has 0 spiro atoms. The van der Waals surface area contributed by atoms with E-state index in [-0.39, 0.29) is 29.7 Å². The molecule has 1 aliphatic rings. The van der Waals surface area contributed by atoms with Gasteiger partial charge in [0.25, 0.3) is 0 Å². The predicted molar refractivity (Wildman–Crippen MR) is 107 cm³/mol. The van der Waals surface area contributed by atoms with Gasteiger partial charge in [0.1, 0.15) is 17.9 Å². The number of rotatable bonds is 4. The number of fused-ring (bicyclic) bond motifs is 1. The highest BCUT2D eigenvalue weighted by atomic mass is 19.1. The van der Waals surface area contributed by atoms with Gasteiger partial charge in [0.15, 0.2) is 0 Å². The van der Waals surface area contributed by atoms with Gasteiger partial charge in [-0.3, -0.25) is 9.69 Å². The van der Waals surface area contributed by atoms with Crippen molar-refractivity contribution in [2.75, 3.05) is 12.0 Å². The van der Waals surface area contributed by atoms with Gasteiger partial charge in [-0.1, -0.05) is 38.1 Å². The zero-order valence-corrected chi connectivity index (χ0v) is 16.6. The second-order valence-corrected chi connectivity index (χ2v) is 7.46. The summed E-state index contributed by atoms with van der Waals surface area (Å²) in [5.74, 6) is 0.766.